The topological polar surface area (TPSA) is 57.8 Å². The predicted octanol–water partition coefficient (Wildman–Crippen LogP) is 3.11. The minimum Gasteiger partial charge on any atom is -0.349 e. The number of rotatable bonds is 3. The van der Waals surface area contributed by atoms with Crippen LogP contribution in [0.4, 0.5) is 4.39 Å². The molecule has 4 nitrogen and oxygen atoms in total. The number of hydrogen-bond donors (Lipinski definition) is 2. The van der Waals surface area contributed by atoms with Crippen LogP contribution in [-0.4, -0.2) is 22.1 Å². The van der Waals surface area contributed by atoms with E-state index >= 15 is 0 Å². The average molecular weight is 321 g/mol. The van der Waals surface area contributed by atoms with Gasteiger partial charge in [0.25, 0.3) is 5.91 Å². The van der Waals surface area contributed by atoms with Crippen molar-refractivity contribution in [2.45, 2.75) is 18.9 Å². The second-order valence-corrected chi connectivity index (χ2v) is 5.99. The summed E-state index contributed by atoms with van der Waals surface area (Å²) in [6, 6.07) is 14.6. The van der Waals surface area contributed by atoms with Gasteiger partial charge in [0, 0.05) is 11.6 Å². The maximum Gasteiger partial charge on any atom is 0.255 e. The summed E-state index contributed by atoms with van der Waals surface area (Å²) in [5.41, 5.74) is 3.64. The second kappa shape index (κ2) is 5.92. The average Bonchev–Trinajstić information content (AvgIpc) is 3.21. The molecule has 0 atom stereocenters. The molecule has 24 heavy (non-hydrogen) atoms. The van der Waals surface area contributed by atoms with Crippen LogP contribution in [0.3, 0.4) is 0 Å². The number of fused-ring (bicyclic) bond motifs is 1. The Morgan fingerprint density at radius 1 is 1.08 bits per heavy atom. The number of aromatic nitrogens is 2. The highest BCUT2D eigenvalue weighted by atomic mass is 19.1. The van der Waals surface area contributed by atoms with Gasteiger partial charge < -0.3 is 5.32 Å². The summed E-state index contributed by atoms with van der Waals surface area (Å²) in [6.07, 6.45) is 3.07. The smallest absolute Gasteiger partial charge is 0.255 e. The Bertz CT molecular complexity index is 878. The van der Waals surface area contributed by atoms with Gasteiger partial charge in [0.2, 0.25) is 0 Å². The minimum absolute atomic E-state index is 0.0540. The number of nitrogens with zero attached hydrogens (tertiary/aromatic N) is 1. The van der Waals surface area contributed by atoms with Crippen molar-refractivity contribution in [3.63, 3.8) is 0 Å². The van der Waals surface area contributed by atoms with E-state index in [2.05, 4.69) is 27.6 Å². The summed E-state index contributed by atoms with van der Waals surface area (Å²) in [5, 5.41) is 9.69. The van der Waals surface area contributed by atoms with Gasteiger partial charge in [0.05, 0.1) is 17.5 Å². The molecule has 0 aliphatic heterocycles. The third kappa shape index (κ3) is 2.58. The first kappa shape index (κ1) is 14.6. The van der Waals surface area contributed by atoms with Crippen LogP contribution in [0.5, 0.6) is 0 Å². The van der Waals surface area contributed by atoms with Gasteiger partial charge in [-0.2, -0.15) is 5.10 Å². The van der Waals surface area contributed by atoms with Crippen LogP contribution in [0.25, 0.3) is 11.3 Å². The highest BCUT2D eigenvalue weighted by Crippen LogP contribution is 2.25. The lowest BCUT2D eigenvalue weighted by atomic mass is 10.1. The minimum atomic E-state index is -0.385. The van der Waals surface area contributed by atoms with Crippen molar-refractivity contribution in [2.75, 3.05) is 0 Å². The molecular weight excluding hydrogens is 305 g/mol. The Labute approximate surface area is 138 Å². The molecule has 2 aromatic carbocycles. The lowest BCUT2D eigenvalue weighted by Crippen LogP contribution is -2.35. The molecule has 1 aromatic heterocycles. The van der Waals surface area contributed by atoms with Gasteiger partial charge >= 0.3 is 0 Å². The van der Waals surface area contributed by atoms with E-state index in [9.17, 15) is 9.18 Å². The van der Waals surface area contributed by atoms with Gasteiger partial charge in [-0.25, -0.2) is 4.39 Å². The maximum absolute atomic E-state index is 14.0. The van der Waals surface area contributed by atoms with Crippen LogP contribution in [0.1, 0.15) is 21.5 Å². The fraction of sp³-hybridized carbons (Fsp3) is 0.158. The first-order valence-electron chi connectivity index (χ1n) is 7.88. The molecule has 0 saturated carbocycles. The first-order valence-corrected chi connectivity index (χ1v) is 7.88. The number of halogens is 1. The van der Waals surface area contributed by atoms with Gasteiger partial charge in [-0.1, -0.05) is 36.4 Å². The SMILES string of the molecule is O=C(NC1Cc2ccccc2C1)c1cn[nH]c1-c1ccccc1F. The standard InChI is InChI=1S/C19H16FN3O/c20-17-8-4-3-7-15(17)18-16(11-21-23-18)19(24)22-14-9-12-5-1-2-6-13(12)10-14/h1-8,11,14H,9-10H2,(H,21,23)(H,22,24). The monoisotopic (exact) mass is 321 g/mol. The van der Waals surface area contributed by atoms with E-state index in [0.29, 0.717) is 16.8 Å². The summed E-state index contributed by atoms with van der Waals surface area (Å²) in [5.74, 6) is -0.621. The highest BCUT2D eigenvalue weighted by Gasteiger charge is 2.25. The molecule has 1 aliphatic carbocycles. The number of aromatic amines is 1. The van der Waals surface area contributed by atoms with Gasteiger partial charge in [-0.15, -0.1) is 0 Å². The molecule has 1 amide bonds. The number of carbonyl (C=O) groups excluding carboxylic acids is 1. The van der Waals surface area contributed by atoms with E-state index in [1.54, 1.807) is 18.2 Å². The number of nitrogens with one attached hydrogen (secondary N) is 2. The number of H-pyrrole nitrogens is 1. The predicted molar refractivity (Wildman–Crippen MR) is 89.1 cm³/mol. The van der Waals surface area contributed by atoms with Crippen LogP contribution in [0.15, 0.2) is 54.7 Å². The molecule has 5 heteroatoms. The number of carbonyl (C=O) groups is 1. The molecule has 0 fully saturated rings. The molecule has 120 valence electrons. The van der Waals surface area contributed by atoms with E-state index in [-0.39, 0.29) is 17.8 Å². The molecule has 1 heterocycles. The highest BCUT2D eigenvalue weighted by molar-refractivity contribution is 6.00. The van der Waals surface area contributed by atoms with Crippen molar-refractivity contribution in [1.29, 1.82) is 0 Å². The van der Waals surface area contributed by atoms with E-state index < -0.39 is 0 Å². The van der Waals surface area contributed by atoms with E-state index in [0.717, 1.165) is 12.8 Å². The molecule has 1 aliphatic rings. The summed E-state index contributed by atoms with van der Waals surface area (Å²) in [4.78, 5) is 12.6. The van der Waals surface area contributed by atoms with E-state index in [1.807, 2.05) is 12.1 Å². The van der Waals surface area contributed by atoms with E-state index in [4.69, 9.17) is 0 Å². The van der Waals surface area contributed by atoms with Gasteiger partial charge in [0.15, 0.2) is 0 Å². The lowest BCUT2D eigenvalue weighted by Gasteiger charge is -2.12. The number of benzene rings is 2. The van der Waals surface area contributed by atoms with Crippen molar-refractivity contribution in [3.8, 4) is 11.3 Å². The molecule has 2 N–H and O–H groups in total. The molecule has 4 rings (SSSR count). The molecule has 0 radical (unpaired) electrons. The summed E-state index contributed by atoms with van der Waals surface area (Å²) in [7, 11) is 0. The Kier molecular flexibility index (Phi) is 3.61. The summed E-state index contributed by atoms with van der Waals surface area (Å²) in [6.45, 7) is 0. The van der Waals surface area contributed by atoms with Crippen molar-refractivity contribution < 1.29 is 9.18 Å². The Hall–Kier alpha value is -2.95. The maximum atomic E-state index is 14.0. The van der Waals surface area contributed by atoms with Crippen molar-refractivity contribution in [3.05, 3.63) is 77.2 Å². The second-order valence-electron chi connectivity index (χ2n) is 5.99. The molecule has 0 saturated heterocycles. The van der Waals surface area contributed by atoms with Crippen molar-refractivity contribution in [2.24, 2.45) is 0 Å². The van der Waals surface area contributed by atoms with Crippen LogP contribution < -0.4 is 5.32 Å². The fourth-order valence-corrected chi connectivity index (χ4v) is 3.25. The van der Waals surface area contributed by atoms with E-state index in [1.165, 1.54) is 23.4 Å². The molecular formula is C19H16FN3O. The third-order valence-corrected chi connectivity index (χ3v) is 4.41. The van der Waals surface area contributed by atoms with Gasteiger partial charge in [-0.3, -0.25) is 9.89 Å². The Balaban J connectivity index is 1.55. The normalized spacial score (nSPS) is 13.7. The van der Waals surface area contributed by atoms with Crippen LogP contribution in [0.2, 0.25) is 0 Å². The van der Waals surface area contributed by atoms with Crippen LogP contribution in [0, 0.1) is 5.82 Å². The zero-order chi connectivity index (χ0) is 16.5. The first-order chi connectivity index (χ1) is 11.7. The van der Waals surface area contributed by atoms with Gasteiger partial charge in [-0.05, 0) is 36.1 Å². The quantitative estimate of drug-likeness (QED) is 0.779. The third-order valence-electron chi connectivity index (χ3n) is 4.41. The van der Waals surface area contributed by atoms with Crippen LogP contribution >= 0.6 is 0 Å². The molecule has 0 unspecified atom stereocenters. The zero-order valence-electron chi connectivity index (χ0n) is 12.9. The Morgan fingerprint density at radius 3 is 2.46 bits per heavy atom. The number of hydrogen-bond acceptors (Lipinski definition) is 2. The lowest BCUT2D eigenvalue weighted by molar-refractivity contribution is 0.0939. The van der Waals surface area contributed by atoms with Crippen molar-refractivity contribution >= 4 is 5.91 Å². The number of amides is 1. The summed E-state index contributed by atoms with van der Waals surface area (Å²) < 4.78 is 14.0. The molecule has 0 spiro atoms. The largest absolute Gasteiger partial charge is 0.349 e. The summed E-state index contributed by atoms with van der Waals surface area (Å²) >= 11 is 0. The van der Waals surface area contributed by atoms with Crippen molar-refractivity contribution in [1.82, 2.24) is 15.5 Å². The Morgan fingerprint density at radius 2 is 1.75 bits per heavy atom. The molecule has 3 aromatic rings. The van der Waals surface area contributed by atoms with Gasteiger partial charge in [0.1, 0.15) is 5.82 Å². The molecule has 0 bridgehead atoms. The fourth-order valence-electron chi connectivity index (χ4n) is 3.25. The zero-order valence-corrected chi connectivity index (χ0v) is 12.9. The van der Waals surface area contributed by atoms with Crippen LogP contribution in [-0.2, 0) is 12.8 Å².